The minimum Gasteiger partial charge on any atom is -0.298 e. The van der Waals surface area contributed by atoms with Crippen LogP contribution < -0.4 is 0 Å². The second kappa shape index (κ2) is 3.93. The molecule has 2 aromatic rings. The summed E-state index contributed by atoms with van der Waals surface area (Å²) in [6.45, 7) is 0. The summed E-state index contributed by atoms with van der Waals surface area (Å²) in [5, 5.41) is 3.05. The van der Waals surface area contributed by atoms with E-state index in [1.54, 1.807) is 11.3 Å². The first-order valence-corrected chi connectivity index (χ1v) is 5.87. The van der Waals surface area contributed by atoms with E-state index in [9.17, 15) is 4.79 Å². The molecule has 1 aromatic carbocycles. The van der Waals surface area contributed by atoms with Gasteiger partial charge in [0.1, 0.15) is 0 Å². The largest absolute Gasteiger partial charge is 0.298 e. The number of hydrogen-bond acceptors (Lipinski definition) is 3. The van der Waals surface area contributed by atoms with E-state index in [2.05, 4.69) is 12.6 Å². The van der Waals surface area contributed by atoms with Crippen LogP contribution in [-0.4, -0.2) is 6.29 Å². The minimum absolute atomic E-state index is 0.343. The van der Waals surface area contributed by atoms with E-state index in [0.717, 1.165) is 21.9 Å². The summed E-state index contributed by atoms with van der Waals surface area (Å²) in [7, 11) is 0. The lowest BCUT2D eigenvalue weighted by Gasteiger charge is -2.05. The average Bonchev–Trinajstić information content (AvgIpc) is 2.62. The number of aldehydes is 1. The molecule has 0 fully saturated rings. The number of carbonyl (C=O) groups excluding carboxylic acids is 1. The fourth-order valence-corrected chi connectivity index (χ4v) is 3.01. The SMILES string of the molecule is O=Cc1c(S)cc2sccc2c1CCl. The summed E-state index contributed by atoms with van der Waals surface area (Å²) in [4.78, 5) is 11.6. The summed E-state index contributed by atoms with van der Waals surface area (Å²) >= 11 is 11.7. The Kier molecular flexibility index (Phi) is 2.81. The van der Waals surface area contributed by atoms with E-state index in [0.29, 0.717) is 16.3 Å². The molecule has 14 heavy (non-hydrogen) atoms. The van der Waals surface area contributed by atoms with Crippen LogP contribution in [-0.2, 0) is 5.88 Å². The van der Waals surface area contributed by atoms with Gasteiger partial charge in [0, 0.05) is 21.0 Å². The molecule has 0 saturated carbocycles. The molecule has 0 amide bonds. The van der Waals surface area contributed by atoms with Crippen molar-refractivity contribution in [3.8, 4) is 0 Å². The van der Waals surface area contributed by atoms with Crippen molar-refractivity contribution in [2.75, 3.05) is 0 Å². The van der Waals surface area contributed by atoms with Crippen molar-refractivity contribution in [2.24, 2.45) is 0 Å². The van der Waals surface area contributed by atoms with Gasteiger partial charge in [0.2, 0.25) is 0 Å². The zero-order valence-corrected chi connectivity index (χ0v) is 9.63. The predicted octanol–water partition coefficient (Wildman–Crippen LogP) is 3.74. The molecule has 72 valence electrons. The third kappa shape index (κ3) is 1.45. The maximum Gasteiger partial charge on any atom is 0.151 e. The molecule has 0 aliphatic rings. The van der Waals surface area contributed by atoms with Crippen LogP contribution in [0.5, 0.6) is 0 Å². The molecule has 0 bridgehead atoms. The van der Waals surface area contributed by atoms with Crippen molar-refractivity contribution >= 4 is 51.9 Å². The molecule has 2 rings (SSSR count). The fraction of sp³-hybridized carbons (Fsp3) is 0.100. The maximum absolute atomic E-state index is 10.9. The molecule has 0 radical (unpaired) electrons. The number of fused-ring (bicyclic) bond motifs is 1. The summed E-state index contributed by atoms with van der Waals surface area (Å²) < 4.78 is 1.12. The first kappa shape index (κ1) is 10.0. The van der Waals surface area contributed by atoms with Crippen LogP contribution in [0.1, 0.15) is 15.9 Å². The van der Waals surface area contributed by atoms with Gasteiger partial charge in [0.25, 0.3) is 0 Å². The Morgan fingerprint density at radius 2 is 2.36 bits per heavy atom. The maximum atomic E-state index is 10.9. The molecule has 0 N–H and O–H groups in total. The number of alkyl halides is 1. The number of carbonyl (C=O) groups is 1. The molecule has 0 spiro atoms. The van der Waals surface area contributed by atoms with Crippen LogP contribution in [0.25, 0.3) is 10.1 Å². The highest BCUT2D eigenvalue weighted by Crippen LogP contribution is 2.31. The number of benzene rings is 1. The van der Waals surface area contributed by atoms with Crippen LogP contribution in [0, 0.1) is 0 Å². The quantitative estimate of drug-likeness (QED) is 0.482. The molecule has 0 saturated heterocycles. The topological polar surface area (TPSA) is 17.1 Å². The second-order valence-electron chi connectivity index (χ2n) is 2.87. The van der Waals surface area contributed by atoms with Crippen LogP contribution in [0.2, 0.25) is 0 Å². The normalized spacial score (nSPS) is 10.7. The van der Waals surface area contributed by atoms with E-state index < -0.39 is 0 Å². The molecule has 1 heterocycles. The van der Waals surface area contributed by atoms with Crippen molar-refractivity contribution in [1.82, 2.24) is 0 Å². The highest BCUT2D eigenvalue weighted by Gasteiger charge is 2.10. The first-order valence-electron chi connectivity index (χ1n) is 4.01. The van der Waals surface area contributed by atoms with Gasteiger partial charge in [-0.05, 0) is 28.5 Å². The smallest absolute Gasteiger partial charge is 0.151 e. The lowest BCUT2D eigenvalue weighted by molar-refractivity contribution is 0.112. The highest BCUT2D eigenvalue weighted by molar-refractivity contribution is 7.80. The first-order chi connectivity index (χ1) is 6.77. The number of thiol groups is 1. The van der Waals surface area contributed by atoms with Gasteiger partial charge in [-0.3, -0.25) is 4.79 Å². The van der Waals surface area contributed by atoms with Crippen LogP contribution in [0.15, 0.2) is 22.4 Å². The van der Waals surface area contributed by atoms with Gasteiger partial charge in [-0.1, -0.05) is 0 Å². The third-order valence-electron chi connectivity index (χ3n) is 2.14. The van der Waals surface area contributed by atoms with Gasteiger partial charge in [-0.15, -0.1) is 35.6 Å². The molecule has 1 nitrogen and oxygen atoms in total. The number of halogens is 1. The lowest BCUT2D eigenvalue weighted by Crippen LogP contribution is -1.92. The number of hydrogen-bond donors (Lipinski definition) is 1. The van der Waals surface area contributed by atoms with Gasteiger partial charge < -0.3 is 0 Å². The summed E-state index contributed by atoms with van der Waals surface area (Å²) in [5.74, 6) is 0.343. The Labute approximate surface area is 96.1 Å². The van der Waals surface area contributed by atoms with Crippen molar-refractivity contribution in [1.29, 1.82) is 0 Å². The van der Waals surface area contributed by atoms with Gasteiger partial charge in [-0.2, -0.15) is 0 Å². The summed E-state index contributed by atoms with van der Waals surface area (Å²) in [6.07, 6.45) is 0.817. The second-order valence-corrected chi connectivity index (χ2v) is 4.57. The minimum atomic E-state index is 0.343. The van der Waals surface area contributed by atoms with E-state index in [1.165, 1.54) is 0 Å². The van der Waals surface area contributed by atoms with Crippen molar-refractivity contribution in [2.45, 2.75) is 10.8 Å². The average molecular weight is 243 g/mol. The van der Waals surface area contributed by atoms with Crippen LogP contribution in [0.4, 0.5) is 0 Å². The predicted molar refractivity (Wildman–Crippen MR) is 64.0 cm³/mol. The molecular formula is C10H7ClOS2. The van der Waals surface area contributed by atoms with E-state index >= 15 is 0 Å². The third-order valence-corrected chi connectivity index (χ3v) is 3.64. The zero-order chi connectivity index (χ0) is 10.1. The Morgan fingerprint density at radius 3 is 3.00 bits per heavy atom. The van der Waals surface area contributed by atoms with Crippen LogP contribution >= 0.6 is 35.6 Å². The molecule has 0 aliphatic heterocycles. The van der Waals surface area contributed by atoms with Crippen molar-refractivity contribution in [3.05, 3.63) is 28.6 Å². The Bertz CT molecular complexity index is 490. The molecule has 1 aromatic heterocycles. The molecule has 0 atom stereocenters. The molecule has 0 unspecified atom stereocenters. The Morgan fingerprint density at radius 1 is 1.57 bits per heavy atom. The summed E-state index contributed by atoms with van der Waals surface area (Å²) in [5.41, 5.74) is 1.49. The monoisotopic (exact) mass is 242 g/mol. The summed E-state index contributed by atoms with van der Waals surface area (Å²) in [6, 6.07) is 3.89. The van der Waals surface area contributed by atoms with Crippen LogP contribution in [0.3, 0.4) is 0 Å². The number of rotatable bonds is 2. The molecular weight excluding hydrogens is 236 g/mol. The van der Waals surface area contributed by atoms with Crippen molar-refractivity contribution < 1.29 is 4.79 Å². The van der Waals surface area contributed by atoms with Crippen molar-refractivity contribution in [3.63, 3.8) is 0 Å². The van der Waals surface area contributed by atoms with Gasteiger partial charge in [0.15, 0.2) is 6.29 Å². The molecule has 4 heteroatoms. The number of thiophene rings is 1. The van der Waals surface area contributed by atoms with Gasteiger partial charge in [-0.25, -0.2) is 0 Å². The lowest BCUT2D eigenvalue weighted by atomic mass is 10.1. The van der Waals surface area contributed by atoms with E-state index in [4.69, 9.17) is 11.6 Å². The fourth-order valence-electron chi connectivity index (χ4n) is 1.46. The Balaban J connectivity index is 2.88. The van der Waals surface area contributed by atoms with Gasteiger partial charge in [0.05, 0.1) is 0 Å². The Hall–Kier alpha value is -0.510. The van der Waals surface area contributed by atoms with E-state index in [1.807, 2.05) is 17.5 Å². The highest BCUT2D eigenvalue weighted by atomic mass is 35.5. The zero-order valence-electron chi connectivity index (χ0n) is 7.16. The van der Waals surface area contributed by atoms with Gasteiger partial charge >= 0.3 is 0 Å². The van der Waals surface area contributed by atoms with E-state index in [-0.39, 0.29) is 0 Å². The standard InChI is InChI=1S/C10H7ClOS2/c11-4-7-6-1-2-14-10(6)3-9(13)8(7)5-12/h1-3,5,13H,4H2. The molecule has 0 aliphatic carbocycles.